The summed E-state index contributed by atoms with van der Waals surface area (Å²) in [4.78, 5) is 13.6. The molecule has 0 saturated heterocycles. The Morgan fingerprint density at radius 2 is 1.79 bits per heavy atom. The standard InChI is InChI=1S/C22H26N4OS2/c1-4-17-8-6-7-9-19(17)23-21(27)15-29-22-25-24-20(26(22)5-2)14-28-18-12-10-16(3)11-13-18/h6-13H,4-5,14-15H2,1-3H3,(H,23,27). The molecule has 1 aromatic heterocycles. The third-order valence-corrected chi connectivity index (χ3v) is 6.48. The fourth-order valence-electron chi connectivity index (χ4n) is 2.90. The van der Waals surface area contributed by atoms with Crippen LogP contribution in [0.25, 0.3) is 0 Å². The van der Waals surface area contributed by atoms with E-state index in [1.54, 1.807) is 11.8 Å². The van der Waals surface area contributed by atoms with Crippen LogP contribution >= 0.6 is 23.5 Å². The number of amides is 1. The van der Waals surface area contributed by atoms with E-state index < -0.39 is 0 Å². The van der Waals surface area contributed by atoms with Gasteiger partial charge in [-0.25, -0.2) is 0 Å². The first kappa shape index (κ1) is 21.5. The molecule has 0 aliphatic heterocycles. The molecular formula is C22H26N4OS2. The van der Waals surface area contributed by atoms with Crippen LogP contribution in [0.2, 0.25) is 0 Å². The molecule has 29 heavy (non-hydrogen) atoms. The van der Waals surface area contributed by atoms with Crippen LogP contribution < -0.4 is 5.32 Å². The summed E-state index contributed by atoms with van der Waals surface area (Å²) in [6.45, 7) is 7.02. The highest BCUT2D eigenvalue weighted by atomic mass is 32.2. The lowest BCUT2D eigenvalue weighted by atomic mass is 10.1. The van der Waals surface area contributed by atoms with E-state index in [0.29, 0.717) is 5.75 Å². The number of carbonyl (C=O) groups is 1. The highest BCUT2D eigenvalue weighted by Crippen LogP contribution is 2.25. The molecule has 0 spiro atoms. The zero-order chi connectivity index (χ0) is 20.6. The Morgan fingerprint density at radius 3 is 2.52 bits per heavy atom. The predicted octanol–water partition coefficient (Wildman–Crippen LogP) is 5.19. The summed E-state index contributed by atoms with van der Waals surface area (Å²) in [7, 11) is 0. The van der Waals surface area contributed by atoms with Crippen LogP contribution in [0.5, 0.6) is 0 Å². The van der Waals surface area contributed by atoms with Crippen LogP contribution in [0.15, 0.2) is 58.6 Å². The molecule has 7 heteroatoms. The maximum Gasteiger partial charge on any atom is 0.234 e. The summed E-state index contributed by atoms with van der Waals surface area (Å²) in [5.41, 5.74) is 3.27. The van der Waals surface area contributed by atoms with E-state index in [4.69, 9.17) is 0 Å². The number of anilines is 1. The van der Waals surface area contributed by atoms with Gasteiger partial charge in [0.15, 0.2) is 5.16 Å². The molecule has 0 bridgehead atoms. The van der Waals surface area contributed by atoms with Gasteiger partial charge in [-0.1, -0.05) is 54.6 Å². The van der Waals surface area contributed by atoms with Gasteiger partial charge in [0.1, 0.15) is 5.82 Å². The number of carbonyl (C=O) groups excluding carboxylic acids is 1. The molecule has 0 aliphatic carbocycles. The summed E-state index contributed by atoms with van der Waals surface area (Å²) >= 11 is 3.17. The third-order valence-electron chi connectivity index (χ3n) is 4.50. The fraction of sp³-hybridized carbons (Fsp3) is 0.318. The number of benzene rings is 2. The van der Waals surface area contributed by atoms with Gasteiger partial charge in [-0.3, -0.25) is 4.79 Å². The van der Waals surface area contributed by atoms with Crippen molar-refractivity contribution in [2.75, 3.05) is 11.1 Å². The van der Waals surface area contributed by atoms with Crippen molar-refractivity contribution in [3.63, 3.8) is 0 Å². The number of nitrogens with zero attached hydrogens (tertiary/aromatic N) is 3. The lowest BCUT2D eigenvalue weighted by Crippen LogP contribution is -2.15. The van der Waals surface area contributed by atoms with Crippen molar-refractivity contribution in [2.24, 2.45) is 0 Å². The van der Waals surface area contributed by atoms with Crippen LogP contribution in [0, 0.1) is 6.92 Å². The summed E-state index contributed by atoms with van der Waals surface area (Å²) in [6.07, 6.45) is 0.885. The van der Waals surface area contributed by atoms with Crippen LogP contribution in [0.3, 0.4) is 0 Å². The van der Waals surface area contributed by atoms with Gasteiger partial charge in [0, 0.05) is 17.1 Å². The second kappa shape index (κ2) is 10.5. The van der Waals surface area contributed by atoms with Crippen molar-refractivity contribution >= 4 is 35.1 Å². The summed E-state index contributed by atoms with van der Waals surface area (Å²) in [5, 5.41) is 12.4. The number of nitrogens with one attached hydrogen (secondary N) is 1. The lowest BCUT2D eigenvalue weighted by molar-refractivity contribution is -0.113. The molecule has 0 aliphatic rings. The van der Waals surface area contributed by atoms with Crippen LogP contribution in [0.4, 0.5) is 5.69 Å². The summed E-state index contributed by atoms with van der Waals surface area (Å²) in [6, 6.07) is 16.4. The van der Waals surface area contributed by atoms with E-state index in [-0.39, 0.29) is 5.91 Å². The Bertz CT molecular complexity index is 954. The number of para-hydroxylation sites is 1. The molecule has 5 nitrogen and oxygen atoms in total. The van der Waals surface area contributed by atoms with Crippen LogP contribution in [0.1, 0.15) is 30.8 Å². The molecule has 0 radical (unpaired) electrons. The maximum atomic E-state index is 12.4. The molecule has 2 aromatic carbocycles. The van der Waals surface area contributed by atoms with Gasteiger partial charge in [-0.2, -0.15) is 0 Å². The van der Waals surface area contributed by atoms with Gasteiger partial charge in [-0.05, 0) is 44.0 Å². The topological polar surface area (TPSA) is 59.8 Å². The van der Waals surface area contributed by atoms with Gasteiger partial charge in [0.2, 0.25) is 5.91 Å². The predicted molar refractivity (Wildman–Crippen MR) is 122 cm³/mol. The molecule has 0 saturated carbocycles. The average Bonchev–Trinajstić information content (AvgIpc) is 3.14. The minimum atomic E-state index is -0.0304. The molecule has 1 heterocycles. The van der Waals surface area contributed by atoms with Gasteiger partial charge in [-0.15, -0.1) is 22.0 Å². The Morgan fingerprint density at radius 1 is 1.03 bits per heavy atom. The lowest BCUT2D eigenvalue weighted by Gasteiger charge is -2.10. The minimum absolute atomic E-state index is 0.0304. The van der Waals surface area contributed by atoms with E-state index >= 15 is 0 Å². The van der Waals surface area contributed by atoms with Gasteiger partial charge < -0.3 is 9.88 Å². The normalized spacial score (nSPS) is 10.9. The first-order chi connectivity index (χ1) is 14.1. The molecule has 0 unspecified atom stereocenters. The Kier molecular flexibility index (Phi) is 7.77. The van der Waals surface area contributed by atoms with E-state index in [1.165, 1.54) is 22.2 Å². The van der Waals surface area contributed by atoms with E-state index in [0.717, 1.165) is 41.0 Å². The van der Waals surface area contributed by atoms with E-state index in [1.807, 2.05) is 24.3 Å². The summed E-state index contributed by atoms with van der Waals surface area (Å²) < 4.78 is 2.08. The number of aromatic nitrogens is 3. The number of hydrogen-bond acceptors (Lipinski definition) is 5. The molecule has 3 rings (SSSR count). The van der Waals surface area contributed by atoms with Crippen molar-refractivity contribution in [1.29, 1.82) is 0 Å². The Hall–Kier alpha value is -2.25. The summed E-state index contributed by atoms with van der Waals surface area (Å²) in [5.74, 6) is 1.95. The number of aryl methyl sites for hydroxylation is 2. The van der Waals surface area contributed by atoms with Crippen LogP contribution in [-0.4, -0.2) is 26.4 Å². The quantitative estimate of drug-likeness (QED) is 0.477. The van der Waals surface area contributed by atoms with Crippen molar-refractivity contribution < 1.29 is 4.79 Å². The van der Waals surface area contributed by atoms with Gasteiger partial charge >= 0.3 is 0 Å². The highest BCUT2D eigenvalue weighted by Gasteiger charge is 2.14. The molecule has 0 atom stereocenters. The Labute approximate surface area is 180 Å². The van der Waals surface area contributed by atoms with Crippen molar-refractivity contribution in [3.05, 3.63) is 65.5 Å². The molecule has 3 aromatic rings. The van der Waals surface area contributed by atoms with Gasteiger partial charge in [0.05, 0.1) is 11.5 Å². The SMILES string of the molecule is CCc1ccccc1NC(=O)CSc1nnc(CSc2ccc(C)cc2)n1CC. The first-order valence-corrected chi connectivity index (χ1v) is 11.7. The van der Waals surface area contributed by atoms with Gasteiger partial charge in [0.25, 0.3) is 0 Å². The van der Waals surface area contributed by atoms with Crippen molar-refractivity contribution in [1.82, 2.24) is 14.8 Å². The fourth-order valence-corrected chi connectivity index (χ4v) is 4.56. The monoisotopic (exact) mass is 426 g/mol. The number of thioether (sulfide) groups is 2. The van der Waals surface area contributed by atoms with Crippen molar-refractivity contribution in [3.8, 4) is 0 Å². The van der Waals surface area contributed by atoms with Crippen LogP contribution in [-0.2, 0) is 23.5 Å². The second-order valence-corrected chi connectivity index (χ2v) is 8.58. The first-order valence-electron chi connectivity index (χ1n) is 9.72. The minimum Gasteiger partial charge on any atom is -0.325 e. The average molecular weight is 427 g/mol. The molecule has 1 N–H and O–H groups in total. The Balaban J connectivity index is 1.58. The zero-order valence-electron chi connectivity index (χ0n) is 17.0. The third kappa shape index (κ3) is 5.87. The van der Waals surface area contributed by atoms with Crippen molar-refractivity contribution in [2.45, 2.75) is 49.5 Å². The maximum absolute atomic E-state index is 12.4. The molecule has 0 fully saturated rings. The largest absolute Gasteiger partial charge is 0.325 e. The number of rotatable bonds is 9. The molecule has 1 amide bonds. The zero-order valence-corrected chi connectivity index (χ0v) is 18.6. The van der Waals surface area contributed by atoms with E-state index in [2.05, 4.69) is 65.1 Å². The second-order valence-electron chi connectivity index (χ2n) is 6.59. The molecular weight excluding hydrogens is 400 g/mol. The molecule has 152 valence electrons. The van der Waals surface area contributed by atoms with E-state index in [9.17, 15) is 4.79 Å². The number of hydrogen-bond donors (Lipinski definition) is 1. The highest BCUT2D eigenvalue weighted by molar-refractivity contribution is 7.99. The smallest absolute Gasteiger partial charge is 0.234 e.